The fourth-order valence-electron chi connectivity index (χ4n) is 2.46. The molecule has 1 fully saturated rings. The number of nitrogens with one attached hydrogen (secondary N) is 1. The van der Waals surface area contributed by atoms with E-state index in [1.807, 2.05) is 25.1 Å². The van der Waals surface area contributed by atoms with Crippen molar-refractivity contribution in [3.05, 3.63) is 28.2 Å². The lowest BCUT2D eigenvalue weighted by Crippen LogP contribution is -2.39. The minimum Gasteiger partial charge on any atom is -0.384 e. The van der Waals surface area contributed by atoms with Gasteiger partial charge in [-0.15, -0.1) is 0 Å². The van der Waals surface area contributed by atoms with Crippen LogP contribution in [0.4, 0.5) is 5.69 Å². The minimum atomic E-state index is 0.0955. The van der Waals surface area contributed by atoms with Crippen molar-refractivity contribution in [2.45, 2.75) is 25.9 Å². The fourth-order valence-corrected chi connectivity index (χ4v) is 3.09. The molecule has 0 amide bonds. The molecular formula is C14H20BrN3O. The Morgan fingerprint density at radius 3 is 3.00 bits per heavy atom. The van der Waals surface area contributed by atoms with Crippen LogP contribution in [0.15, 0.2) is 22.7 Å². The van der Waals surface area contributed by atoms with Crippen molar-refractivity contribution in [2.24, 2.45) is 5.73 Å². The Hall–Kier alpha value is -1.07. The zero-order chi connectivity index (χ0) is 13.8. The average Bonchev–Trinajstić information content (AvgIpc) is 2.39. The molecule has 0 spiro atoms. The van der Waals surface area contributed by atoms with Crippen molar-refractivity contribution >= 4 is 27.5 Å². The van der Waals surface area contributed by atoms with Gasteiger partial charge in [-0.1, -0.05) is 0 Å². The van der Waals surface area contributed by atoms with Crippen LogP contribution in [0, 0.1) is 5.41 Å². The van der Waals surface area contributed by atoms with Gasteiger partial charge in [0, 0.05) is 29.7 Å². The summed E-state index contributed by atoms with van der Waals surface area (Å²) in [5, 5.41) is 7.46. The van der Waals surface area contributed by atoms with Gasteiger partial charge < -0.3 is 15.4 Å². The third-order valence-corrected chi connectivity index (χ3v) is 4.02. The lowest BCUT2D eigenvalue weighted by atomic mass is 10.1. The largest absolute Gasteiger partial charge is 0.384 e. The Bertz CT molecular complexity index is 462. The fraction of sp³-hybridized carbons (Fsp3) is 0.500. The topological polar surface area (TPSA) is 62.3 Å². The molecule has 0 radical (unpaired) electrons. The lowest BCUT2D eigenvalue weighted by molar-refractivity contribution is 0.0526. The Morgan fingerprint density at radius 1 is 1.58 bits per heavy atom. The van der Waals surface area contributed by atoms with Gasteiger partial charge in [0.05, 0.1) is 11.8 Å². The number of nitrogen functional groups attached to an aromatic ring is 1. The average molecular weight is 326 g/mol. The van der Waals surface area contributed by atoms with E-state index in [4.69, 9.17) is 15.9 Å². The van der Waals surface area contributed by atoms with Gasteiger partial charge >= 0.3 is 0 Å². The molecule has 5 heteroatoms. The predicted molar refractivity (Wildman–Crippen MR) is 82.0 cm³/mol. The molecule has 1 unspecified atom stereocenters. The van der Waals surface area contributed by atoms with Crippen molar-refractivity contribution in [3.63, 3.8) is 0 Å². The van der Waals surface area contributed by atoms with E-state index in [0.717, 1.165) is 48.3 Å². The summed E-state index contributed by atoms with van der Waals surface area (Å²) in [5.41, 5.74) is 7.39. The Labute approximate surface area is 122 Å². The van der Waals surface area contributed by atoms with Crippen LogP contribution in [0.1, 0.15) is 25.3 Å². The number of nitrogens with zero attached hydrogens (tertiary/aromatic N) is 1. The zero-order valence-corrected chi connectivity index (χ0v) is 12.7. The quantitative estimate of drug-likeness (QED) is 0.661. The molecule has 1 saturated heterocycles. The first-order valence-electron chi connectivity index (χ1n) is 6.62. The number of benzene rings is 1. The monoisotopic (exact) mass is 325 g/mol. The van der Waals surface area contributed by atoms with Crippen molar-refractivity contribution in [2.75, 3.05) is 24.6 Å². The molecule has 1 aliphatic heterocycles. The number of rotatable bonds is 4. The second kappa shape index (κ2) is 6.39. The molecule has 1 aromatic carbocycles. The van der Waals surface area contributed by atoms with Gasteiger partial charge in [0.25, 0.3) is 0 Å². The Balaban J connectivity index is 2.15. The third kappa shape index (κ3) is 3.48. The molecule has 2 rings (SSSR count). The maximum absolute atomic E-state index is 7.46. The number of nitrogens with two attached hydrogens (primary N) is 1. The first-order chi connectivity index (χ1) is 9.11. The van der Waals surface area contributed by atoms with Gasteiger partial charge in [0.2, 0.25) is 0 Å². The van der Waals surface area contributed by atoms with E-state index in [1.54, 1.807) is 0 Å². The van der Waals surface area contributed by atoms with E-state index in [9.17, 15) is 0 Å². The Morgan fingerprint density at radius 2 is 2.37 bits per heavy atom. The van der Waals surface area contributed by atoms with E-state index < -0.39 is 0 Å². The Kier molecular flexibility index (Phi) is 4.82. The minimum absolute atomic E-state index is 0.0955. The van der Waals surface area contributed by atoms with E-state index >= 15 is 0 Å². The number of hydrogen-bond donors (Lipinski definition) is 2. The molecule has 104 valence electrons. The highest BCUT2D eigenvalue weighted by Crippen LogP contribution is 2.30. The highest BCUT2D eigenvalue weighted by molar-refractivity contribution is 9.10. The summed E-state index contributed by atoms with van der Waals surface area (Å²) in [6.07, 6.45) is 2.59. The molecule has 0 saturated carbocycles. The molecule has 3 N–H and O–H groups in total. The first-order valence-corrected chi connectivity index (χ1v) is 7.41. The number of amidine groups is 1. The van der Waals surface area contributed by atoms with Crippen LogP contribution in [0.3, 0.4) is 0 Å². The van der Waals surface area contributed by atoms with E-state index in [0.29, 0.717) is 6.10 Å². The van der Waals surface area contributed by atoms with Gasteiger partial charge in [0.1, 0.15) is 5.84 Å². The number of ether oxygens (including phenoxy) is 1. The van der Waals surface area contributed by atoms with Crippen molar-refractivity contribution in [3.8, 4) is 0 Å². The second-order valence-corrected chi connectivity index (χ2v) is 5.60. The van der Waals surface area contributed by atoms with Gasteiger partial charge in [-0.2, -0.15) is 0 Å². The number of anilines is 1. The molecule has 4 nitrogen and oxygen atoms in total. The summed E-state index contributed by atoms with van der Waals surface area (Å²) < 4.78 is 6.71. The summed E-state index contributed by atoms with van der Waals surface area (Å²) in [5.74, 6) is 0.0955. The molecule has 1 heterocycles. The van der Waals surface area contributed by atoms with Crippen LogP contribution in [0.25, 0.3) is 0 Å². The summed E-state index contributed by atoms with van der Waals surface area (Å²) in [7, 11) is 0. The second-order valence-electron chi connectivity index (χ2n) is 4.75. The van der Waals surface area contributed by atoms with Crippen molar-refractivity contribution in [1.82, 2.24) is 0 Å². The lowest BCUT2D eigenvalue weighted by Gasteiger charge is -2.34. The van der Waals surface area contributed by atoms with Gasteiger partial charge in [-0.3, -0.25) is 5.41 Å². The molecule has 1 atom stereocenters. The number of halogens is 1. The summed E-state index contributed by atoms with van der Waals surface area (Å²) in [4.78, 5) is 2.33. The molecule has 0 aliphatic carbocycles. The van der Waals surface area contributed by atoms with Crippen LogP contribution in [0.2, 0.25) is 0 Å². The van der Waals surface area contributed by atoms with E-state index in [1.165, 1.54) is 0 Å². The number of piperidine rings is 1. The molecule has 0 aromatic heterocycles. The normalized spacial score (nSPS) is 19.5. The predicted octanol–water partition coefficient (Wildman–Crippen LogP) is 2.74. The van der Waals surface area contributed by atoms with Crippen LogP contribution >= 0.6 is 15.9 Å². The van der Waals surface area contributed by atoms with Crippen LogP contribution in [0.5, 0.6) is 0 Å². The smallest absolute Gasteiger partial charge is 0.122 e. The van der Waals surface area contributed by atoms with Crippen LogP contribution in [-0.2, 0) is 4.74 Å². The first kappa shape index (κ1) is 14.3. The molecular weight excluding hydrogens is 306 g/mol. The van der Waals surface area contributed by atoms with E-state index in [2.05, 4.69) is 20.8 Å². The molecule has 1 aromatic rings. The highest BCUT2D eigenvalue weighted by atomic mass is 79.9. The molecule has 0 bridgehead atoms. The SMILES string of the molecule is CCOC1CCCN(c2ccc(C(=N)N)cc2Br)C1. The molecule has 19 heavy (non-hydrogen) atoms. The zero-order valence-electron chi connectivity index (χ0n) is 11.2. The van der Waals surface area contributed by atoms with Crippen molar-refractivity contribution in [1.29, 1.82) is 5.41 Å². The van der Waals surface area contributed by atoms with Crippen molar-refractivity contribution < 1.29 is 4.74 Å². The standard InChI is InChI=1S/C14H20BrN3O/c1-2-19-11-4-3-7-18(9-11)13-6-5-10(14(16)17)8-12(13)15/h5-6,8,11H,2-4,7,9H2,1H3,(H3,16,17). The van der Waals surface area contributed by atoms with Crippen LogP contribution < -0.4 is 10.6 Å². The van der Waals surface area contributed by atoms with Gasteiger partial charge in [-0.05, 0) is 53.9 Å². The third-order valence-electron chi connectivity index (χ3n) is 3.38. The highest BCUT2D eigenvalue weighted by Gasteiger charge is 2.21. The maximum Gasteiger partial charge on any atom is 0.122 e. The van der Waals surface area contributed by atoms with E-state index in [-0.39, 0.29) is 5.84 Å². The molecule has 1 aliphatic rings. The summed E-state index contributed by atoms with van der Waals surface area (Å²) in [6, 6.07) is 5.82. The van der Waals surface area contributed by atoms with Gasteiger partial charge in [-0.25, -0.2) is 0 Å². The summed E-state index contributed by atoms with van der Waals surface area (Å²) in [6.45, 7) is 4.77. The summed E-state index contributed by atoms with van der Waals surface area (Å²) >= 11 is 3.58. The number of hydrogen-bond acceptors (Lipinski definition) is 3. The van der Waals surface area contributed by atoms with Gasteiger partial charge in [0.15, 0.2) is 0 Å². The van der Waals surface area contributed by atoms with Crippen LogP contribution in [-0.4, -0.2) is 31.6 Å². The maximum atomic E-state index is 7.46.